The molecule has 0 unspecified atom stereocenters. The molecular weight excluding hydrogens is 463 g/mol. The van der Waals surface area contributed by atoms with Crippen LogP contribution in [0.25, 0.3) is 11.0 Å². The number of nitrogens with zero attached hydrogens (tertiary/aromatic N) is 5. The third kappa shape index (κ3) is 4.69. The van der Waals surface area contributed by atoms with E-state index < -0.39 is 23.7 Å². The van der Waals surface area contributed by atoms with Crippen molar-refractivity contribution in [2.24, 2.45) is 0 Å². The van der Waals surface area contributed by atoms with E-state index in [9.17, 15) is 9.59 Å². The average molecular weight is 484 g/mol. The second-order valence-electron chi connectivity index (χ2n) is 7.93. The van der Waals surface area contributed by atoms with Gasteiger partial charge in [-0.1, -0.05) is 29.5 Å². The predicted octanol–water partition coefficient (Wildman–Crippen LogP) is 3.65. The minimum atomic E-state index is -1.19. The number of carbonyl (C=O) groups is 2. The lowest BCUT2D eigenvalue weighted by molar-refractivity contribution is -0.127. The van der Waals surface area contributed by atoms with Crippen molar-refractivity contribution in [3.8, 4) is 0 Å². The Balaban J connectivity index is 1.55. The van der Waals surface area contributed by atoms with Crippen molar-refractivity contribution < 1.29 is 18.4 Å². The molecule has 2 amide bonds. The fraction of sp³-hybridized carbons (Fsp3) is 0.115. The number of pyridine rings is 1. The highest BCUT2D eigenvalue weighted by Crippen LogP contribution is 2.30. The first-order valence-corrected chi connectivity index (χ1v) is 11.2. The van der Waals surface area contributed by atoms with Gasteiger partial charge in [-0.15, -0.1) is 5.10 Å². The molecule has 5 aromatic rings. The number of aromatic nitrogens is 4. The van der Waals surface area contributed by atoms with Gasteiger partial charge in [-0.25, -0.2) is 9.07 Å². The number of amides is 2. The van der Waals surface area contributed by atoms with Gasteiger partial charge in [0.1, 0.15) is 29.7 Å². The van der Waals surface area contributed by atoms with Crippen LogP contribution in [0.15, 0.2) is 95.9 Å². The molecule has 180 valence electrons. The van der Waals surface area contributed by atoms with Crippen LogP contribution < -0.4 is 10.2 Å². The smallest absolute Gasteiger partial charge is 0.249 e. The highest BCUT2D eigenvalue weighted by molar-refractivity contribution is 6.01. The molecular formula is C26H21FN6O3. The van der Waals surface area contributed by atoms with Crippen molar-refractivity contribution in [3.05, 3.63) is 109 Å². The van der Waals surface area contributed by atoms with Gasteiger partial charge in [-0.2, -0.15) is 0 Å². The maximum absolute atomic E-state index is 15.1. The van der Waals surface area contributed by atoms with Gasteiger partial charge in [-0.3, -0.25) is 19.5 Å². The first-order chi connectivity index (χ1) is 17.6. The monoisotopic (exact) mass is 484 g/mol. The number of halogens is 1. The fourth-order valence-electron chi connectivity index (χ4n) is 3.95. The van der Waals surface area contributed by atoms with Gasteiger partial charge in [-0.05, 0) is 54.1 Å². The summed E-state index contributed by atoms with van der Waals surface area (Å²) >= 11 is 0. The SMILES string of the molecule is O=C(NCc1ccco1)[C@H](c1ccncc1)N(C(=O)Cn1nnc2ccccc21)c1ccccc1F. The van der Waals surface area contributed by atoms with Gasteiger partial charge < -0.3 is 9.73 Å². The number of nitrogens with one attached hydrogen (secondary N) is 1. The van der Waals surface area contributed by atoms with Gasteiger partial charge in [0.05, 0.1) is 24.0 Å². The summed E-state index contributed by atoms with van der Waals surface area (Å²) in [7, 11) is 0. The molecule has 0 aliphatic rings. The van der Waals surface area contributed by atoms with Crippen LogP contribution in [0.4, 0.5) is 10.1 Å². The average Bonchev–Trinajstić information content (AvgIpc) is 3.57. The molecule has 5 rings (SSSR count). The predicted molar refractivity (Wildman–Crippen MR) is 129 cm³/mol. The third-order valence-corrected chi connectivity index (χ3v) is 5.63. The largest absolute Gasteiger partial charge is 0.467 e. The van der Waals surface area contributed by atoms with Gasteiger partial charge >= 0.3 is 0 Å². The Morgan fingerprint density at radius 1 is 1.00 bits per heavy atom. The Morgan fingerprint density at radius 3 is 2.56 bits per heavy atom. The number of para-hydroxylation sites is 2. The van der Waals surface area contributed by atoms with E-state index in [1.165, 1.54) is 41.5 Å². The third-order valence-electron chi connectivity index (χ3n) is 5.63. The van der Waals surface area contributed by atoms with Crippen molar-refractivity contribution in [3.63, 3.8) is 0 Å². The van der Waals surface area contributed by atoms with Gasteiger partial charge in [0.25, 0.3) is 0 Å². The van der Waals surface area contributed by atoms with Crippen LogP contribution in [0.1, 0.15) is 17.4 Å². The van der Waals surface area contributed by atoms with Gasteiger partial charge in [0, 0.05) is 12.4 Å². The Kier molecular flexibility index (Phi) is 6.48. The zero-order valence-corrected chi connectivity index (χ0v) is 19.0. The van der Waals surface area contributed by atoms with Crippen molar-refractivity contribution in [2.45, 2.75) is 19.1 Å². The number of furan rings is 1. The van der Waals surface area contributed by atoms with Gasteiger partial charge in [0.2, 0.25) is 11.8 Å². The van der Waals surface area contributed by atoms with Crippen LogP contribution in [0, 0.1) is 5.82 Å². The van der Waals surface area contributed by atoms with Crippen LogP contribution in [0.2, 0.25) is 0 Å². The minimum Gasteiger partial charge on any atom is -0.467 e. The highest BCUT2D eigenvalue weighted by Gasteiger charge is 2.34. The van der Waals surface area contributed by atoms with E-state index in [4.69, 9.17) is 4.42 Å². The Labute approximate surface area is 205 Å². The summed E-state index contributed by atoms with van der Waals surface area (Å²) in [6.45, 7) is -0.164. The van der Waals surface area contributed by atoms with Crippen molar-refractivity contribution in [1.82, 2.24) is 25.3 Å². The Morgan fingerprint density at radius 2 is 1.78 bits per heavy atom. The van der Waals surface area contributed by atoms with Crippen molar-refractivity contribution in [1.29, 1.82) is 0 Å². The highest BCUT2D eigenvalue weighted by atomic mass is 19.1. The summed E-state index contributed by atoms with van der Waals surface area (Å²) < 4.78 is 21.8. The maximum Gasteiger partial charge on any atom is 0.249 e. The second-order valence-corrected chi connectivity index (χ2v) is 7.93. The molecule has 0 saturated carbocycles. The van der Waals surface area contributed by atoms with E-state index in [2.05, 4.69) is 20.6 Å². The molecule has 0 bridgehead atoms. The molecule has 1 N–H and O–H groups in total. The molecule has 3 aromatic heterocycles. The molecule has 0 saturated heterocycles. The van der Waals surface area contributed by atoms with E-state index in [-0.39, 0.29) is 18.8 Å². The molecule has 9 nitrogen and oxygen atoms in total. The molecule has 10 heteroatoms. The summed E-state index contributed by atoms with van der Waals surface area (Å²) in [5.74, 6) is -1.18. The Hall–Kier alpha value is -4.86. The van der Waals surface area contributed by atoms with Crippen LogP contribution >= 0.6 is 0 Å². The van der Waals surface area contributed by atoms with Crippen LogP contribution in [0.3, 0.4) is 0 Å². The van der Waals surface area contributed by atoms with E-state index in [0.717, 1.165) is 4.90 Å². The zero-order chi connectivity index (χ0) is 24.9. The van der Waals surface area contributed by atoms with Crippen molar-refractivity contribution in [2.75, 3.05) is 4.90 Å². The first-order valence-electron chi connectivity index (χ1n) is 11.2. The molecule has 1 atom stereocenters. The molecule has 0 fully saturated rings. The van der Waals surface area contributed by atoms with E-state index >= 15 is 4.39 Å². The lowest BCUT2D eigenvalue weighted by Crippen LogP contribution is -2.45. The number of fused-ring (bicyclic) bond motifs is 1. The summed E-state index contributed by atoms with van der Waals surface area (Å²) in [6, 6.07) is 18.5. The molecule has 36 heavy (non-hydrogen) atoms. The molecule has 0 aliphatic carbocycles. The van der Waals surface area contributed by atoms with Crippen LogP contribution in [-0.2, 0) is 22.7 Å². The minimum absolute atomic E-state index is 0.0399. The standard InChI is InChI=1S/C26H21FN6O3/c27-20-7-1-3-9-22(20)33(24(34)17-32-23-10-4-2-8-21(23)30-31-32)25(18-11-13-28-14-12-18)26(35)29-16-19-6-5-15-36-19/h1-15,25H,16-17H2,(H,29,35)/t25-/m0/s1. The lowest BCUT2D eigenvalue weighted by atomic mass is 10.0. The lowest BCUT2D eigenvalue weighted by Gasteiger charge is -2.31. The van der Waals surface area contributed by atoms with Crippen molar-refractivity contribution >= 4 is 28.5 Å². The summed E-state index contributed by atoms with van der Waals surface area (Å²) in [5.41, 5.74) is 1.68. The van der Waals surface area contributed by atoms with Crippen LogP contribution in [-0.4, -0.2) is 31.8 Å². The summed E-state index contributed by atoms with van der Waals surface area (Å²) in [4.78, 5) is 32.5. The van der Waals surface area contributed by atoms with Gasteiger partial charge in [0.15, 0.2) is 0 Å². The van der Waals surface area contributed by atoms with E-state index in [1.54, 1.807) is 42.5 Å². The quantitative estimate of drug-likeness (QED) is 0.360. The van der Waals surface area contributed by atoms with E-state index in [1.807, 2.05) is 12.1 Å². The molecule has 0 spiro atoms. The first kappa shape index (κ1) is 22.9. The molecule has 0 aliphatic heterocycles. The Bertz CT molecular complexity index is 1490. The molecule has 0 radical (unpaired) electrons. The second kappa shape index (κ2) is 10.2. The maximum atomic E-state index is 15.1. The summed E-state index contributed by atoms with van der Waals surface area (Å²) in [6.07, 6.45) is 4.52. The number of hydrogen-bond donors (Lipinski definition) is 1. The molecule has 3 heterocycles. The number of rotatable bonds is 8. The topological polar surface area (TPSA) is 106 Å². The number of benzene rings is 2. The van der Waals surface area contributed by atoms with Crippen LogP contribution in [0.5, 0.6) is 0 Å². The number of hydrogen-bond acceptors (Lipinski definition) is 6. The number of anilines is 1. The van der Waals surface area contributed by atoms with E-state index in [0.29, 0.717) is 22.4 Å². The zero-order valence-electron chi connectivity index (χ0n) is 19.0. The summed E-state index contributed by atoms with van der Waals surface area (Å²) in [5, 5.41) is 11.0. The fourth-order valence-corrected chi connectivity index (χ4v) is 3.95. The molecule has 2 aromatic carbocycles. The number of carbonyl (C=O) groups excluding carboxylic acids is 2. The normalized spacial score (nSPS) is 11.8.